The Hall–Kier alpha value is -1.94. The normalized spacial score (nSPS) is 10.3. The van der Waals surface area contributed by atoms with Gasteiger partial charge in [-0.25, -0.2) is 4.98 Å². The zero-order valence-corrected chi connectivity index (χ0v) is 11.4. The Morgan fingerprint density at radius 2 is 1.89 bits per heavy atom. The molecule has 92 valence electrons. The molecule has 0 aliphatic heterocycles. The summed E-state index contributed by atoms with van der Waals surface area (Å²) < 4.78 is 5.65. The third-order valence-electron chi connectivity index (χ3n) is 2.49. The van der Waals surface area contributed by atoms with Crippen molar-refractivity contribution in [2.24, 2.45) is 4.99 Å². The van der Waals surface area contributed by atoms with Crippen molar-refractivity contribution in [3.8, 4) is 0 Å². The fraction of sp³-hybridized carbons (Fsp3) is 0. The minimum absolute atomic E-state index is 0.632. The Kier molecular flexibility index (Phi) is 3.42. The summed E-state index contributed by atoms with van der Waals surface area (Å²) in [5, 5.41) is 2.97. The van der Waals surface area contributed by atoms with Gasteiger partial charge in [-0.2, -0.15) is 4.99 Å². The van der Waals surface area contributed by atoms with Crippen molar-refractivity contribution in [1.29, 1.82) is 0 Å². The van der Waals surface area contributed by atoms with Gasteiger partial charge in [-0.15, -0.1) is 0 Å². The number of nitrogens with zero attached hydrogens (tertiary/aromatic N) is 2. The van der Waals surface area contributed by atoms with Gasteiger partial charge in [0.25, 0.3) is 5.22 Å². The van der Waals surface area contributed by atoms with E-state index in [0.29, 0.717) is 5.22 Å². The molecule has 0 bridgehead atoms. The number of thiocarbonyl (C=S) groups is 1. The van der Waals surface area contributed by atoms with Crippen LogP contribution in [0.15, 0.2) is 68.1 Å². The first-order chi connectivity index (χ1) is 9.35. The van der Waals surface area contributed by atoms with Crippen LogP contribution in [0.1, 0.15) is 0 Å². The minimum atomic E-state index is 0.632. The number of hydrogen-bond acceptors (Lipinski definition) is 5. The molecule has 5 heteroatoms. The highest BCUT2D eigenvalue weighted by Gasteiger charge is 2.06. The van der Waals surface area contributed by atoms with E-state index in [0.717, 1.165) is 21.7 Å². The summed E-state index contributed by atoms with van der Waals surface area (Å²) in [6.45, 7) is 0. The van der Waals surface area contributed by atoms with Crippen LogP contribution in [-0.4, -0.2) is 10.1 Å². The topological polar surface area (TPSA) is 38.4 Å². The van der Waals surface area contributed by atoms with Crippen molar-refractivity contribution in [1.82, 2.24) is 4.98 Å². The number of para-hydroxylation sites is 2. The van der Waals surface area contributed by atoms with Crippen LogP contribution in [0, 0.1) is 0 Å². The molecule has 0 N–H and O–H groups in total. The van der Waals surface area contributed by atoms with Crippen molar-refractivity contribution >= 4 is 45.9 Å². The third-order valence-corrected chi connectivity index (χ3v) is 3.44. The predicted molar refractivity (Wildman–Crippen MR) is 79.3 cm³/mol. The highest BCUT2D eigenvalue weighted by molar-refractivity contribution is 7.99. The van der Waals surface area contributed by atoms with Crippen LogP contribution in [0.2, 0.25) is 0 Å². The molecule has 1 heterocycles. The maximum Gasteiger partial charge on any atom is 0.261 e. The van der Waals surface area contributed by atoms with Crippen molar-refractivity contribution in [3.63, 3.8) is 0 Å². The molecule has 0 amide bonds. The smallest absolute Gasteiger partial charge is 0.261 e. The van der Waals surface area contributed by atoms with E-state index in [4.69, 9.17) is 4.42 Å². The Bertz CT molecular complexity index is 725. The van der Waals surface area contributed by atoms with Crippen LogP contribution < -0.4 is 0 Å². The summed E-state index contributed by atoms with van der Waals surface area (Å²) in [4.78, 5) is 9.35. The fourth-order valence-corrected chi connectivity index (χ4v) is 2.49. The summed E-state index contributed by atoms with van der Waals surface area (Å²) >= 11 is 6.04. The summed E-state index contributed by atoms with van der Waals surface area (Å²) in [7, 11) is 0. The van der Waals surface area contributed by atoms with E-state index >= 15 is 0 Å². The van der Waals surface area contributed by atoms with Crippen molar-refractivity contribution < 1.29 is 4.42 Å². The number of benzene rings is 2. The summed E-state index contributed by atoms with van der Waals surface area (Å²) in [6.07, 6.45) is 0. The highest BCUT2D eigenvalue weighted by atomic mass is 32.2. The number of oxazole rings is 1. The first kappa shape index (κ1) is 12.1. The molecule has 1 aromatic heterocycles. The predicted octanol–water partition coefficient (Wildman–Crippen LogP) is 4.71. The minimum Gasteiger partial charge on any atom is -0.431 e. The van der Waals surface area contributed by atoms with Gasteiger partial charge in [0, 0.05) is 4.90 Å². The molecule has 0 saturated heterocycles. The molecule has 0 spiro atoms. The van der Waals surface area contributed by atoms with Crippen LogP contribution in [0.4, 0.5) is 5.69 Å². The van der Waals surface area contributed by atoms with Crippen LogP contribution in [-0.2, 0) is 0 Å². The van der Waals surface area contributed by atoms with Crippen LogP contribution in [0.25, 0.3) is 11.1 Å². The maximum absolute atomic E-state index is 5.65. The van der Waals surface area contributed by atoms with Crippen LogP contribution in [0.5, 0.6) is 0 Å². The SMILES string of the molecule is S=C=Nc1ccc(Sc2nc3ccccc3o2)cc1. The lowest BCUT2D eigenvalue weighted by Crippen LogP contribution is -1.72. The molecule has 0 aliphatic carbocycles. The van der Waals surface area contributed by atoms with Crippen LogP contribution >= 0.6 is 24.0 Å². The average Bonchev–Trinajstić information content (AvgIpc) is 2.83. The number of isothiocyanates is 1. The Balaban J connectivity index is 1.85. The van der Waals surface area contributed by atoms with Gasteiger partial charge >= 0.3 is 0 Å². The van der Waals surface area contributed by atoms with Crippen molar-refractivity contribution in [3.05, 3.63) is 48.5 Å². The first-order valence-electron chi connectivity index (χ1n) is 5.56. The fourth-order valence-electron chi connectivity index (χ4n) is 1.64. The van der Waals surface area contributed by atoms with E-state index < -0.39 is 0 Å². The lowest BCUT2D eigenvalue weighted by atomic mass is 10.3. The number of hydrogen-bond donors (Lipinski definition) is 0. The molecule has 0 unspecified atom stereocenters. The monoisotopic (exact) mass is 284 g/mol. The summed E-state index contributed by atoms with van der Waals surface area (Å²) in [5.74, 6) is 0. The maximum atomic E-state index is 5.65. The zero-order valence-electron chi connectivity index (χ0n) is 9.74. The quantitative estimate of drug-likeness (QED) is 0.515. The van der Waals surface area contributed by atoms with Gasteiger partial charge in [0.2, 0.25) is 0 Å². The molecule has 19 heavy (non-hydrogen) atoms. The molecular weight excluding hydrogens is 276 g/mol. The van der Waals surface area contributed by atoms with Crippen LogP contribution in [0.3, 0.4) is 0 Å². The molecule has 2 aromatic carbocycles. The van der Waals surface area contributed by atoms with E-state index in [1.54, 1.807) is 0 Å². The second kappa shape index (κ2) is 5.36. The average molecular weight is 284 g/mol. The third kappa shape index (κ3) is 2.74. The van der Waals surface area contributed by atoms with Gasteiger partial charge in [0.05, 0.1) is 10.8 Å². The molecule has 3 rings (SSSR count). The van der Waals surface area contributed by atoms with E-state index in [2.05, 4.69) is 27.4 Å². The number of aromatic nitrogens is 1. The second-order valence-electron chi connectivity index (χ2n) is 3.75. The van der Waals surface area contributed by atoms with Crippen molar-refractivity contribution in [2.75, 3.05) is 0 Å². The zero-order chi connectivity index (χ0) is 13.1. The van der Waals surface area contributed by atoms with E-state index in [1.807, 2.05) is 48.5 Å². The largest absolute Gasteiger partial charge is 0.431 e. The molecular formula is C14H8N2OS2. The lowest BCUT2D eigenvalue weighted by Gasteiger charge is -1.96. The Labute approximate surface area is 119 Å². The highest BCUT2D eigenvalue weighted by Crippen LogP contribution is 2.30. The van der Waals surface area contributed by atoms with E-state index in [-0.39, 0.29) is 0 Å². The Morgan fingerprint density at radius 3 is 2.63 bits per heavy atom. The lowest BCUT2D eigenvalue weighted by molar-refractivity contribution is 0.489. The van der Waals surface area contributed by atoms with Gasteiger partial charge in [-0.3, -0.25) is 0 Å². The van der Waals surface area contributed by atoms with E-state index in [9.17, 15) is 0 Å². The molecule has 3 aromatic rings. The standard InChI is InChI=1S/C14H8N2OS2/c18-9-15-10-5-7-11(8-6-10)19-14-16-12-3-1-2-4-13(12)17-14/h1-8H. The Morgan fingerprint density at radius 1 is 1.11 bits per heavy atom. The molecule has 0 saturated carbocycles. The number of fused-ring (bicyclic) bond motifs is 1. The molecule has 0 radical (unpaired) electrons. The van der Waals surface area contributed by atoms with Gasteiger partial charge in [0.15, 0.2) is 5.58 Å². The number of rotatable bonds is 3. The summed E-state index contributed by atoms with van der Waals surface area (Å²) in [5.41, 5.74) is 2.45. The van der Waals surface area contributed by atoms with Gasteiger partial charge in [0.1, 0.15) is 5.52 Å². The molecule has 0 aliphatic rings. The summed E-state index contributed by atoms with van der Waals surface area (Å²) in [6, 6.07) is 15.4. The van der Waals surface area contributed by atoms with Gasteiger partial charge < -0.3 is 4.42 Å². The van der Waals surface area contributed by atoms with Gasteiger partial charge in [-0.05, 0) is 60.4 Å². The molecule has 0 atom stereocenters. The first-order valence-corrected chi connectivity index (χ1v) is 6.79. The van der Waals surface area contributed by atoms with Crippen molar-refractivity contribution in [2.45, 2.75) is 10.1 Å². The molecule has 3 nitrogen and oxygen atoms in total. The number of aliphatic imine (C=N–C) groups is 1. The second-order valence-corrected chi connectivity index (χ2v) is 4.95. The van der Waals surface area contributed by atoms with E-state index in [1.165, 1.54) is 11.8 Å². The van der Waals surface area contributed by atoms with Gasteiger partial charge in [-0.1, -0.05) is 12.1 Å². The molecule has 0 fully saturated rings.